The van der Waals surface area contributed by atoms with Gasteiger partial charge in [-0.05, 0) is 25.1 Å². The molecule has 1 atom stereocenters. The molecule has 2 heterocycles. The van der Waals surface area contributed by atoms with E-state index in [0.29, 0.717) is 22.2 Å². The molecule has 3 N–H and O–H groups in total. The summed E-state index contributed by atoms with van der Waals surface area (Å²) in [7, 11) is 0. The quantitative estimate of drug-likeness (QED) is 0.678. The Morgan fingerprint density at radius 1 is 1.26 bits per heavy atom. The summed E-state index contributed by atoms with van der Waals surface area (Å²) in [6.45, 7) is 1.82. The number of aryl methyl sites for hydroxylation is 1. The Kier molecular flexibility index (Phi) is 2.83. The summed E-state index contributed by atoms with van der Waals surface area (Å²) in [4.78, 5) is 16.6. The fourth-order valence-corrected chi connectivity index (χ4v) is 2.63. The van der Waals surface area contributed by atoms with Gasteiger partial charge >= 0.3 is 5.69 Å². The van der Waals surface area contributed by atoms with Gasteiger partial charge in [0.2, 0.25) is 0 Å². The van der Waals surface area contributed by atoms with Crippen LogP contribution in [0.5, 0.6) is 0 Å². The Hall–Kier alpha value is -1.79. The average molecular weight is 323 g/mol. The minimum atomic E-state index is -0.811. The van der Waals surface area contributed by atoms with Crippen LogP contribution >= 0.6 is 15.9 Å². The smallest absolute Gasteiger partial charge is 0.323 e. The molecule has 0 spiro atoms. The van der Waals surface area contributed by atoms with Crippen LogP contribution in [0, 0.1) is 6.92 Å². The molecule has 5 nitrogen and oxygen atoms in total. The fourth-order valence-electron chi connectivity index (χ4n) is 2.07. The van der Waals surface area contributed by atoms with E-state index in [0.717, 1.165) is 10.2 Å². The second kappa shape index (κ2) is 4.40. The van der Waals surface area contributed by atoms with Gasteiger partial charge in [-0.3, -0.25) is 0 Å². The van der Waals surface area contributed by atoms with Gasteiger partial charge in [-0.15, -0.1) is 0 Å². The first-order chi connectivity index (χ1) is 9.04. The number of furan rings is 1. The minimum Gasteiger partial charge on any atom is -0.469 e. The number of hydrogen-bond acceptors (Lipinski definition) is 3. The lowest BCUT2D eigenvalue weighted by Crippen LogP contribution is -1.99. The molecular weight excluding hydrogens is 312 g/mol. The maximum absolute atomic E-state index is 11.3. The molecule has 3 aromatic rings. The van der Waals surface area contributed by atoms with Gasteiger partial charge in [0.1, 0.15) is 11.9 Å². The maximum Gasteiger partial charge on any atom is 0.323 e. The van der Waals surface area contributed by atoms with E-state index in [1.807, 2.05) is 6.92 Å². The first kappa shape index (κ1) is 12.3. The molecule has 3 rings (SSSR count). The SMILES string of the molecule is Cc1cc(C(O)c2cc3[nH]c(=O)[nH]c3cc2Br)co1. The number of halogens is 1. The molecular formula is C13H11BrN2O3. The van der Waals surface area contributed by atoms with Crippen LogP contribution in [0.3, 0.4) is 0 Å². The zero-order chi connectivity index (χ0) is 13.6. The first-order valence-electron chi connectivity index (χ1n) is 5.69. The summed E-state index contributed by atoms with van der Waals surface area (Å²) in [6.07, 6.45) is 0.714. The number of fused-ring (bicyclic) bond motifs is 1. The van der Waals surface area contributed by atoms with E-state index in [-0.39, 0.29) is 5.69 Å². The van der Waals surface area contributed by atoms with Crippen molar-refractivity contribution in [3.63, 3.8) is 0 Å². The van der Waals surface area contributed by atoms with Crippen LogP contribution < -0.4 is 5.69 Å². The molecule has 2 aromatic heterocycles. The van der Waals surface area contributed by atoms with Crippen LogP contribution in [-0.4, -0.2) is 15.1 Å². The Morgan fingerprint density at radius 2 is 1.95 bits per heavy atom. The molecule has 0 radical (unpaired) electrons. The summed E-state index contributed by atoms with van der Waals surface area (Å²) in [5, 5.41) is 10.4. The van der Waals surface area contributed by atoms with Crippen molar-refractivity contribution in [3.05, 3.63) is 56.3 Å². The third-order valence-corrected chi connectivity index (χ3v) is 3.68. The number of rotatable bonds is 2. The van der Waals surface area contributed by atoms with Crippen LogP contribution in [0.2, 0.25) is 0 Å². The minimum absolute atomic E-state index is 0.271. The molecule has 0 saturated carbocycles. The lowest BCUT2D eigenvalue weighted by atomic mass is 10.0. The molecule has 98 valence electrons. The molecule has 1 unspecified atom stereocenters. The van der Waals surface area contributed by atoms with Gasteiger partial charge in [0.25, 0.3) is 0 Å². The predicted octanol–water partition coefficient (Wildman–Crippen LogP) is 2.60. The third-order valence-electron chi connectivity index (χ3n) is 2.99. The maximum atomic E-state index is 11.3. The van der Waals surface area contributed by atoms with Crippen molar-refractivity contribution >= 4 is 27.0 Å². The lowest BCUT2D eigenvalue weighted by molar-refractivity contribution is 0.218. The number of hydrogen-bond donors (Lipinski definition) is 3. The van der Waals surface area contributed by atoms with Crippen LogP contribution in [0.15, 0.2) is 38.1 Å². The Bertz CT molecular complexity index is 800. The summed E-state index contributed by atoms with van der Waals surface area (Å²) in [5.41, 5.74) is 2.42. The number of benzene rings is 1. The number of H-pyrrole nitrogens is 2. The van der Waals surface area contributed by atoms with Crippen LogP contribution in [-0.2, 0) is 0 Å². The van der Waals surface area contributed by atoms with E-state index in [4.69, 9.17) is 4.42 Å². The molecule has 0 bridgehead atoms. The van der Waals surface area contributed by atoms with Crippen molar-refractivity contribution in [2.75, 3.05) is 0 Å². The number of nitrogens with one attached hydrogen (secondary N) is 2. The lowest BCUT2D eigenvalue weighted by Gasteiger charge is -2.11. The Morgan fingerprint density at radius 3 is 2.58 bits per heavy atom. The summed E-state index contributed by atoms with van der Waals surface area (Å²) >= 11 is 3.40. The zero-order valence-electron chi connectivity index (χ0n) is 10.0. The van der Waals surface area contributed by atoms with E-state index >= 15 is 0 Å². The standard InChI is InChI=1S/C13H11BrN2O3/c1-6-2-7(5-19-6)12(17)8-3-10-11(4-9(8)14)16-13(18)15-10/h2-5,12,17H,1H3,(H2,15,16,18). The van der Waals surface area contributed by atoms with Crippen molar-refractivity contribution in [2.24, 2.45) is 0 Å². The van der Waals surface area contributed by atoms with Crippen LogP contribution in [0.1, 0.15) is 23.0 Å². The highest BCUT2D eigenvalue weighted by atomic mass is 79.9. The first-order valence-corrected chi connectivity index (χ1v) is 6.48. The summed E-state index contributed by atoms with van der Waals surface area (Å²) < 4.78 is 5.92. The van der Waals surface area contributed by atoms with Crippen LogP contribution in [0.25, 0.3) is 11.0 Å². The summed E-state index contributed by atoms with van der Waals surface area (Å²) in [6, 6.07) is 5.28. The van der Waals surface area contributed by atoms with Gasteiger partial charge in [0.05, 0.1) is 17.3 Å². The van der Waals surface area contributed by atoms with E-state index in [1.54, 1.807) is 18.2 Å². The normalized spacial score (nSPS) is 13.0. The largest absolute Gasteiger partial charge is 0.469 e. The van der Waals surface area contributed by atoms with E-state index in [2.05, 4.69) is 25.9 Å². The van der Waals surface area contributed by atoms with Gasteiger partial charge in [0.15, 0.2) is 0 Å². The van der Waals surface area contributed by atoms with Crippen molar-refractivity contribution in [1.82, 2.24) is 9.97 Å². The Labute approximate surface area is 116 Å². The molecule has 0 aliphatic heterocycles. The predicted molar refractivity (Wildman–Crippen MR) is 74.1 cm³/mol. The van der Waals surface area contributed by atoms with E-state index in [1.165, 1.54) is 6.26 Å². The number of aliphatic hydroxyl groups is 1. The number of imidazole rings is 1. The van der Waals surface area contributed by atoms with Crippen LogP contribution in [0.4, 0.5) is 0 Å². The summed E-state index contributed by atoms with van der Waals surface area (Å²) in [5.74, 6) is 0.737. The second-order valence-corrected chi connectivity index (χ2v) is 5.25. The highest BCUT2D eigenvalue weighted by Gasteiger charge is 2.17. The van der Waals surface area contributed by atoms with Crippen molar-refractivity contribution in [1.29, 1.82) is 0 Å². The molecule has 0 aliphatic rings. The zero-order valence-corrected chi connectivity index (χ0v) is 11.6. The average Bonchev–Trinajstić information content (AvgIpc) is 2.92. The Balaban J connectivity index is 2.13. The van der Waals surface area contributed by atoms with Gasteiger partial charge in [-0.1, -0.05) is 15.9 Å². The van der Waals surface area contributed by atoms with Gasteiger partial charge in [-0.2, -0.15) is 0 Å². The van der Waals surface area contributed by atoms with E-state index < -0.39 is 6.10 Å². The highest BCUT2D eigenvalue weighted by molar-refractivity contribution is 9.10. The fraction of sp³-hybridized carbons (Fsp3) is 0.154. The van der Waals surface area contributed by atoms with E-state index in [9.17, 15) is 9.90 Å². The van der Waals surface area contributed by atoms with Crippen molar-refractivity contribution in [3.8, 4) is 0 Å². The number of aromatic nitrogens is 2. The van der Waals surface area contributed by atoms with Gasteiger partial charge in [0, 0.05) is 15.6 Å². The molecule has 0 aliphatic carbocycles. The molecule has 0 amide bonds. The molecule has 1 aromatic carbocycles. The second-order valence-electron chi connectivity index (χ2n) is 4.39. The monoisotopic (exact) mass is 322 g/mol. The third kappa shape index (κ3) is 2.13. The van der Waals surface area contributed by atoms with Gasteiger partial charge in [-0.25, -0.2) is 4.79 Å². The van der Waals surface area contributed by atoms with Crippen molar-refractivity contribution < 1.29 is 9.52 Å². The highest BCUT2D eigenvalue weighted by Crippen LogP contribution is 2.31. The molecule has 0 saturated heterocycles. The molecule has 0 fully saturated rings. The topological polar surface area (TPSA) is 82.0 Å². The van der Waals surface area contributed by atoms with Crippen molar-refractivity contribution in [2.45, 2.75) is 13.0 Å². The molecule has 6 heteroatoms. The number of aliphatic hydroxyl groups excluding tert-OH is 1. The number of aromatic amines is 2. The molecule has 19 heavy (non-hydrogen) atoms. The van der Waals surface area contributed by atoms with Gasteiger partial charge < -0.3 is 19.5 Å².